The molecule has 0 fully saturated rings. The Morgan fingerprint density at radius 2 is 1.68 bits per heavy atom. The van der Waals surface area contributed by atoms with E-state index in [1.54, 1.807) is 0 Å². The van der Waals surface area contributed by atoms with Crippen molar-refractivity contribution in [2.75, 3.05) is 11.9 Å². The van der Waals surface area contributed by atoms with E-state index in [1.165, 1.54) is 27.9 Å². The van der Waals surface area contributed by atoms with Crippen LogP contribution < -0.4 is 10.6 Å². The van der Waals surface area contributed by atoms with Gasteiger partial charge in [-0.25, -0.2) is 0 Å². The summed E-state index contributed by atoms with van der Waals surface area (Å²) in [5.74, 6) is 0. The topological polar surface area (TPSA) is 29.3 Å². The van der Waals surface area contributed by atoms with E-state index < -0.39 is 0 Å². The first-order valence-electron chi connectivity index (χ1n) is 6.67. The van der Waals surface area contributed by atoms with Crippen molar-refractivity contribution < 1.29 is 0 Å². The number of hydrogen-bond acceptors (Lipinski definition) is 2. The van der Waals surface area contributed by atoms with Crippen LogP contribution in [0.4, 0.5) is 5.69 Å². The number of rotatable bonds is 4. The molecule has 2 aromatic carbocycles. The summed E-state index contributed by atoms with van der Waals surface area (Å²) in [7, 11) is 2.13. The highest BCUT2D eigenvalue weighted by molar-refractivity contribution is 5.54. The van der Waals surface area contributed by atoms with Crippen molar-refractivity contribution in [2.24, 2.45) is 5.73 Å². The lowest BCUT2D eigenvalue weighted by molar-refractivity contribution is 0.890. The Hall–Kier alpha value is -1.80. The van der Waals surface area contributed by atoms with Crippen LogP contribution in [0.1, 0.15) is 22.3 Å². The van der Waals surface area contributed by atoms with Gasteiger partial charge in [0.25, 0.3) is 0 Å². The van der Waals surface area contributed by atoms with E-state index in [0.29, 0.717) is 6.54 Å². The third-order valence-electron chi connectivity index (χ3n) is 3.51. The van der Waals surface area contributed by atoms with Crippen LogP contribution in [0.25, 0.3) is 0 Å². The minimum atomic E-state index is 0.594. The van der Waals surface area contributed by atoms with E-state index >= 15 is 0 Å². The van der Waals surface area contributed by atoms with Gasteiger partial charge >= 0.3 is 0 Å². The van der Waals surface area contributed by atoms with Crippen LogP contribution in [0.2, 0.25) is 0 Å². The molecule has 0 aliphatic rings. The molecule has 2 N–H and O–H groups in total. The fraction of sp³-hybridized carbons (Fsp3) is 0.294. The Kier molecular flexibility index (Phi) is 4.23. The van der Waals surface area contributed by atoms with Gasteiger partial charge in [-0.05, 0) is 36.6 Å². The number of aryl methyl sites for hydroxylation is 2. The molecule has 2 heteroatoms. The molecule has 0 unspecified atom stereocenters. The van der Waals surface area contributed by atoms with Gasteiger partial charge < -0.3 is 10.6 Å². The number of nitrogens with two attached hydrogens (primary N) is 1. The average molecular weight is 254 g/mol. The van der Waals surface area contributed by atoms with Crippen molar-refractivity contribution in [3.05, 3.63) is 64.7 Å². The predicted octanol–water partition coefficient (Wildman–Crippen LogP) is 3.40. The third kappa shape index (κ3) is 3.15. The van der Waals surface area contributed by atoms with Gasteiger partial charge in [0.2, 0.25) is 0 Å². The fourth-order valence-corrected chi connectivity index (χ4v) is 2.49. The van der Waals surface area contributed by atoms with Crippen molar-refractivity contribution in [1.82, 2.24) is 0 Å². The lowest BCUT2D eigenvalue weighted by atomic mass is 10.1. The number of hydrogen-bond donors (Lipinski definition) is 1. The standard InChI is InChI=1S/C17H22N2/c1-13-8-9-17(14(2)10-13)19(3)12-16-7-5-4-6-15(16)11-18/h4-10H,11-12,18H2,1-3H3. The maximum atomic E-state index is 5.80. The zero-order chi connectivity index (χ0) is 13.8. The van der Waals surface area contributed by atoms with Gasteiger partial charge in [-0.15, -0.1) is 0 Å². The first-order valence-corrected chi connectivity index (χ1v) is 6.67. The second-order valence-electron chi connectivity index (χ2n) is 5.12. The van der Waals surface area contributed by atoms with E-state index in [9.17, 15) is 0 Å². The first-order chi connectivity index (χ1) is 9.11. The summed E-state index contributed by atoms with van der Waals surface area (Å²) in [5.41, 5.74) is 12.2. The van der Waals surface area contributed by atoms with Crippen molar-refractivity contribution in [3.8, 4) is 0 Å². The Morgan fingerprint density at radius 1 is 1.00 bits per heavy atom. The normalized spacial score (nSPS) is 10.5. The van der Waals surface area contributed by atoms with Crippen LogP contribution in [-0.4, -0.2) is 7.05 Å². The Bertz CT molecular complexity index is 561. The fourth-order valence-electron chi connectivity index (χ4n) is 2.49. The molecular formula is C17H22N2. The molecule has 2 aromatic rings. The van der Waals surface area contributed by atoms with E-state index in [1.807, 2.05) is 6.07 Å². The molecule has 0 bridgehead atoms. The van der Waals surface area contributed by atoms with Crippen LogP contribution in [0.3, 0.4) is 0 Å². The summed E-state index contributed by atoms with van der Waals surface area (Å²) >= 11 is 0. The number of anilines is 1. The molecule has 0 radical (unpaired) electrons. The Morgan fingerprint density at radius 3 is 2.32 bits per heavy atom. The molecule has 0 aliphatic heterocycles. The monoisotopic (exact) mass is 254 g/mol. The van der Waals surface area contributed by atoms with Crippen LogP contribution in [0.5, 0.6) is 0 Å². The second kappa shape index (κ2) is 5.89. The van der Waals surface area contributed by atoms with Gasteiger partial charge in [-0.1, -0.05) is 42.0 Å². The molecular weight excluding hydrogens is 232 g/mol. The molecule has 0 heterocycles. The first kappa shape index (κ1) is 13.6. The molecule has 0 amide bonds. The number of nitrogens with zero attached hydrogens (tertiary/aromatic N) is 1. The maximum absolute atomic E-state index is 5.80. The van der Waals surface area contributed by atoms with Crippen LogP contribution in [0.15, 0.2) is 42.5 Å². The zero-order valence-electron chi connectivity index (χ0n) is 12.0. The zero-order valence-corrected chi connectivity index (χ0v) is 12.0. The Labute approximate surface area is 115 Å². The van der Waals surface area contributed by atoms with Crippen molar-refractivity contribution >= 4 is 5.69 Å². The molecule has 0 aliphatic carbocycles. The summed E-state index contributed by atoms with van der Waals surface area (Å²) in [5, 5.41) is 0. The molecule has 19 heavy (non-hydrogen) atoms. The molecule has 0 saturated heterocycles. The lowest BCUT2D eigenvalue weighted by Crippen LogP contribution is -2.19. The SMILES string of the molecule is Cc1ccc(N(C)Cc2ccccc2CN)c(C)c1. The quantitative estimate of drug-likeness (QED) is 0.906. The third-order valence-corrected chi connectivity index (χ3v) is 3.51. The van der Waals surface area contributed by atoms with Crippen molar-refractivity contribution in [2.45, 2.75) is 26.9 Å². The molecule has 0 saturated carbocycles. The molecule has 2 nitrogen and oxygen atoms in total. The highest BCUT2D eigenvalue weighted by Gasteiger charge is 2.07. The lowest BCUT2D eigenvalue weighted by Gasteiger charge is -2.23. The van der Waals surface area contributed by atoms with Gasteiger partial charge in [0.1, 0.15) is 0 Å². The van der Waals surface area contributed by atoms with Crippen LogP contribution in [-0.2, 0) is 13.1 Å². The van der Waals surface area contributed by atoms with Gasteiger partial charge in [0.15, 0.2) is 0 Å². The van der Waals surface area contributed by atoms with Crippen molar-refractivity contribution in [3.63, 3.8) is 0 Å². The minimum Gasteiger partial charge on any atom is -0.370 e. The van der Waals surface area contributed by atoms with Gasteiger partial charge in [0.05, 0.1) is 0 Å². The average Bonchev–Trinajstić information content (AvgIpc) is 2.39. The smallest absolute Gasteiger partial charge is 0.0429 e. The van der Waals surface area contributed by atoms with Crippen molar-refractivity contribution in [1.29, 1.82) is 0 Å². The summed E-state index contributed by atoms with van der Waals surface area (Å²) in [6, 6.07) is 14.9. The maximum Gasteiger partial charge on any atom is 0.0429 e. The molecule has 100 valence electrons. The summed E-state index contributed by atoms with van der Waals surface area (Å²) in [6.07, 6.45) is 0. The van der Waals surface area contributed by atoms with Gasteiger partial charge in [-0.2, -0.15) is 0 Å². The minimum absolute atomic E-state index is 0.594. The molecule has 0 aromatic heterocycles. The van der Waals surface area contributed by atoms with E-state index in [-0.39, 0.29) is 0 Å². The van der Waals surface area contributed by atoms with E-state index in [0.717, 1.165) is 6.54 Å². The van der Waals surface area contributed by atoms with Gasteiger partial charge in [0, 0.05) is 25.8 Å². The molecule has 0 atom stereocenters. The molecule has 0 spiro atoms. The summed E-state index contributed by atoms with van der Waals surface area (Å²) in [4.78, 5) is 2.28. The highest BCUT2D eigenvalue weighted by atomic mass is 15.1. The second-order valence-corrected chi connectivity index (χ2v) is 5.12. The predicted molar refractivity (Wildman–Crippen MR) is 82.4 cm³/mol. The van der Waals surface area contributed by atoms with Gasteiger partial charge in [-0.3, -0.25) is 0 Å². The van der Waals surface area contributed by atoms with E-state index in [4.69, 9.17) is 5.73 Å². The number of benzene rings is 2. The summed E-state index contributed by atoms with van der Waals surface area (Å²) in [6.45, 7) is 5.77. The van der Waals surface area contributed by atoms with Crippen LogP contribution >= 0.6 is 0 Å². The highest BCUT2D eigenvalue weighted by Crippen LogP contribution is 2.22. The Balaban J connectivity index is 2.23. The summed E-state index contributed by atoms with van der Waals surface area (Å²) < 4.78 is 0. The van der Waals surface area contributed by atoms with E-state index in [2.05, 4.69) is 62.2 Å². The largest absolute Gasteiger partial charge is 0.370 e. The van der Waals surface area contributed by atoms with Crippen LogP contribution in [0, 0.1) is 13.8 Å². The molecule has 2 rings (SSSR count).